The summed E-state index contributed by atoms with van der Waals surface area (Å²) in [7, 11) is -4.08. The fourth-order valence-electron chi connectivity index (χ4n) is 3.41. The van der Waals surface area contributed by atoms with Gasteiger partial charge in [-0.15, -0.1) is 0 Å². The summed E-state index contributed by atoms with van der Waals surface area (Å²) >= 11 is 0. The van der Waals surface area contributed by atoms with Crippen LogP contribution in [0.3, 0.4) is 0 Å². The first-order chi connectivity index (χ1) is 14.0. The number of hydrogen-bond acceptors (Lipinski definition) is 5. The van der Waals surface area contributed by atoms with Gasteiger partial charge in [0.25, 0.3) is 0 Å². The Labute approximate surface area is 172 Å². The van der Waals surface area contributed by atoms with Crippen molar-refractivity contribution in [1.82, 2.24) is 14.4 Å². The maximum atomic E-state index is 12.9. The summed E-state index contributed by atoms with van der Waals surface area (Å²) < 4.78 is 70.4. The number of sulfonamides is 1. The first kappa shape index (κ1) is 22.3. The van der Waals surface area contributed by atoms with E-state index in [1.165, 1.54) is 0 Å². The maximum Gasteiger partial charge on any atom is 0.416 e. The first-order valence-electron chi connectivity index (χ1n) is 9.37. The van der Waals surface area contributed by atoms with Crippen molar-refractivity contribution >= 4 is 15.9 Å². The van der Waals surface area contributed by atoms with Gasteiger partial charge in [0.2, 0.25) is 15.9 Å². The molecule has 1 saturated heterocycles. The smallest absolute Gasteiger partial charge is 0.361 e. The molecule has 1 aliphatic heterocycles. The molecule has 0 spiro atoms. The van der Waals surface area contributed by atoms with Crippen LogP contribution in [0.15, 0.2) is 33.7 Å². The van der Waals surface area contributed by atoms with E-state index in [1.54, 1.807) is 18.7 Å². The molecule has 1 aliphatic rings. The van der Waals surface area contributed by atoms with Crippen LogP contribution in [0, 0.1) is 13.8 Å². The number of halogens is 3. The largest absolute Gasteiger partial charge is 0.416 e. The van der Waals surface area contributed by atoms with Crippen molar-refractivity contribution < 1.29 is 30.9 Å². The lowest BCUT2D eigenvalue weighted by Gasteiger charge is -2.34. The van der Waals surface area contributed by atoms with E-state index in [0.717, 1.165) is 33.8 Å². The number of carbonyl (C=O) groups is 1. The number of benzene rings is 1. The molecule has 0 aliphatic carbocycles. The minimum absolute atomic E-state index is 0.0235. The summed E-state index contributed by atoms with van der Waals surface area (Å²) in [6, 6.07) is 3.68. The maximum absolute atomic E-state index is 12.9. The van der Waals surface area contributed by atoms with Crippen LogP contribution < -0.4 is 0 Å². The molecular weight excluding hydrogens is 423 g/mol. The number of hydrogen-bond donors (Lipinski definition) is 0. The number of nitrogens with zero attached hydrogens (tertiary/aromatic N) is 3. The predicted octanol–water partition coefficient (Wildman–Crippen LogP) is 2.78. The molecule has 0 bridgehead atoms. The highest BCUT2D eigenvalue weighted by atomic mass is 32.2. The molecule has 2 aromatic rings. The van der Waals surface area contributed by atoms with Gasteiger partial charge >= 0.3 is 6.18 Å². The molecule has 0 atom stereocenters. The number of piperazine rings is 1. The summed E-state index contributed by atoms with van der Waals surface area (Å²) in [5.74, 6) is 0.545. The van der Waals surface area contributed by atoms with Gasteiger partial charge in [0.15, 0.2) is 0 Å². The zero-order chi connectivity index (χ0) is 22.1. The standard InChI is InChI=1S/C19H22F3N3O4S/c1-13-17(14(2)29-23-13)6-7-18(26)24-8-10-25(11-9-24)30(27,28)16-5-3-4-15(12-16)19(20,21)22/h3-5,12H,6-11H2,1-2H3. The van der Waals surface area contributed by atoms with Crippen molar-refractivity contribution in [3.63, 3.8) is 0 Å². The van der Waals surface area contributed by atoms with Crippen LogP contribution >= 0.6 is 0 Å². The van der Waals surface area contributed by atoms with Crippen molar-refractivity contribution in [2.75, 3.05) is 26.2 Å². The molecular formula is C19H22F3N3O4S. The van der Waals surface area contributed by atoms with E-state index in [-0.39, 0.29) is 38.5 Å². The second-order valence-corrected chi connectivity index (χ2v) is 9.05. The van der Waals surface area contributed by atoms with Gasteiger partial charge in [0, 0.05) is 38.2 Å². The monoisotopic (exact) mass is 445 g/mol. The van der Waals surface area contributed by atoms with Crippen LogP contribution in [0.1, 0.15) is 29.0 Å². The van der Waals surface area contributed by atoms with E-state index >= 15 is 0 Å². The van der Waals surface area contributed by atoms with E-state index in [2.05, 4.69) is 5.16 Å². The van der Waals surface area contributed by atoms with Crippen molar-refractivity contribution in [1.29, 1.82) is 0 Å². The summed E-state index contributed by atoms with van der Waals surface area (Å²) in [4.78, 5) is 13.6. The third-order valence-electron chi connectivity index (χ3n) is 5.16. The van der Waals surface area contributed by atoms with Gasteiger partial charge in [-0.1, -0.05) is 11.2 Å². The molecule has 30 heavy (non-hydrogen) atoms. The number of carbonyl (C=O) groups excluding carboxylic acids is 1. The van der Waals surface area contributed by atoms with E-state index in [0.29, 0.717) is 18.2 Å². The molecule has 3 rings (SSSR count). The van der Waals surface area contributed by atoms with Crippen molar-refractivity contribution in [2.45, 2.75) is 37.8 Å². The van der Waals surface area contributed by atoms with Crippen LogP contribution in [0.25, 0.3) is 0 Å². The van der Waals surface area contributed by atoms with Gasteiger partial charge in [-0.05, 0) is 38.5 Å². The van der Waals surface area contributed by atoms with Crippen LogP contribution in [0.5, 0.6) is 0 Å². The Hall–Kier alpha value is -2.40. The molecule has 0 saturated carbocycles. The zero-order valence-corrected chi connectivity index (χ0v) is 17.4. The molecule has 2 heterocycles. The normalized spacial score (nSPS) is 16.1. The SMILES string of the molecule is Cc1noc(C)c1CCC(=O)N1CCN(S(=O)(=O)c2cccc(C(F)(F)F)c2)CC1. The number of rotatable bonds is 5. The highest BCUT2D eigenvalue weighted by Crippen LogP contribution is 2.31. The third kappa shape index (κ3) is 4.67. The lowest BCUT2D eigenvalue weighted by molar-refractivity contribution is -0.137. The second kappa shape index (κ2) is 8.38. The van der Waals surface area contributed by atoms with Gasteiger partial charge in [0.1, 0.15) is 5.76 Å². The predicted molar refractivity (Wildman–Crippen MR) is 101 cm³/mol. The lowest BCUT2D eigenvalue weighted by atomic mass is 10.1. The number of aromatic nitrogens is 1. The molecule has 1 fully saturated rings. The van der Waals surface area contributed by atoms with E-state index in [1.807, 2.05) is 0 Å². The highest BCUT2D eigenvalue weighted by Gasteiger charge is 2.34. The Morgan fingerprint density at radius 3 is 2.40 bits per heavy atom. The van der Waals surface area contributed by atoms with E-state index in [9.17, 15) is 26.4 Å². The van der Waals surface area contributed by atoms with Gasteiger partial charge in [-0.3, -0.25) is 4.79 Å². The second-order valence-electron chi connectivity index (χ2n) is 7.11. The number of aryl methyl sites for hydroxylation is 2. The summed E-state index contributed by atoms with van der Waals surface area (Å²) in [5, 5.41) is 3.85. The van der Waals surface area contributed by atoms with E-state index in [4.69, 9.17) is 4.52 Å². The third-order valence-corrected chi connectivity index (χ3v) is 7.06. The Morgan fingerprint density at radius 2 is 1.83 bits per heavy atom. The highest BCUT2D eigenvalue weighted by molar-refractivity contribution is 7.89. The average molecular weight is 445 g/mol. The quantitative estimate of drug-likeness (QED) is 0.707. The molecule has 11 heteroatoms. The molecule has 7 nitrogen and oxygen atoms in total. The fourth-order valence-corrected chi connectivity index (χ4v) is 4.88. The molecule has 1 aromatic carbocycles. The lowest BCUT2D eigenvalue weighted by Crippen LogP contribution is -2.50. The number of alkyl halides is 3. The Balaban J connectivity index is 1.61. The number of amides is 1. The van der Waals surface area contributed by atoms with E-state index < -0.39 is 26.7 Å². The van der Waals surface area contributed by atoms with Crippen molar-refractivity contribution in [3.8, 4) is 0 Å². The van der Waals surface area contributed by atoms with Crippen LogP contribution in [-0.2, 0) is 27.4 Å². The molecule has 0 radical (unpaired) electrons. The zero-order valence-electron chi connectivity index (χ0n) is 16.6. The molecule has 1 amide bonds. The van der Waals surface area contributed by atoms with Gasteiger partial charge in [-0.2, -0.15) is 17.5 Å². The van der Waals surface area contributed by atoms with Crippen LogP contribution in [0.4, 0.5) is 13.2 Å². The summed E-state index contributed by atoms with van der Waals surface area (Å²) in [6.45, 7) is 3.98. The minimum atomic E-state index is -4.63. The molecule has 0 unspecified atom stereocenters. The van der Waals surface area contributed by atoms with Crippen molar-refractivity contribution in [3.05, 3.63) is 46.8 Å². The van der Waals surface area contributed by atoms with Gasteiger partial charge in [0.05, 0.1) is 16.2 Å². The molecule has 1 aromatic heterocycles. The molecule has 0 N–H and O–H groups in total. The fraction of sp³-hybridized carbons (Fsp3) is 0.474. The van der Waals surface area contributed by atoms with Gasteiger partial charge < -0.3 is 9.42 Å². The Kier molecular flexibility index (Phi) is 6.23. The Morgan fingerprint density at radius 1 is 1.17 bits per heavy atom. The minimum Gasteiger partial charge on any atom is -0.361 e. The summed E-state index contributed by atoms with van der Waals surface area (Å²) in [5.41, 5.74) is 0.600. The van der Waals surface area contributed by atoms with Crippen LogP contribution in [0.2, 0.25) is 0 Å². The summed E-state index contributed by atoms with van der Waals surface area (Å²) in [6.07, 6.45) is -3.91. The topological polar surface area (TPSA) is 83.7 Å². The Bertz CT molecular complexity index is 1010. The average Bonchev–Trinajstić information content (AvgIpc) is 3.03. The van der Waals surface area contributed by atoms with Crippen molar-refractivity contribution in [2.24, 2.45) is 0 Å². The van der Waals surface area contributed by atoms with Gasteiger partial charge in [-0.25, -0.2) is 8.42 Å². The van der Waals surface area contributed by atoms with Crippen LogP contribution in [-0.4, -0.2) is 54.9 Å². The molecule has 164 valence electrons. The first-order valence-corrected chi connectivity index (χ1v) is 10.8.